The van der Waals surface area contributed by atoms with Gasteiger partial charge in [-0.1, -0.05) is 6.07 Å². The molecule has 1 aromatic heterocycles. The van der Waals surface area contributed by atoms with E-state index in [2.05, 4.69) is 0 Å². The Hall–Kier alpha value is -1.31. The van der Waals surface area contributed by atoms with E-state index in [1.165, 1.54) is 5.69 Å². The van der Waals surface area contributed by atoms with Crippen molar-refractivity contribution in [3.63, 3.8) is 0 Å². The molecule has 0 amide bonds. The highest BCUT2D eigenvalue weighted by Crippen LogP contribution is 1.87. The van der Waals surface area contributed by atoms with Crippen LogP contribution in [0, 0.1) is 6.92 Å². The third kappa shape index (κ3) is 2.08. The average Bonchev–Trinajstić information content (AvgIpc) is 2.03. The number of hydrogen-bond acceptors (Lipinski definition) is 1. The molecule has 58 valence electrons. The lowest BCUT2D eigenvalue weighted by molar-refractivity contribution is -0.693. The highest BCUT2D eigenvalue weighted by Gasteiger charge is 1.99. The van der Waals surface area contributed by atoms with Crippen molar-refractivity contribution in [2.45, 2.75) is 13.5 Å². The predicted molar refractivity (Wildman–Crippen MR) is 43.1 cm³/mol. The van der Waals surface area contributed by atoms with E-state index in [0.29, 0.717) is 0 Å². The molecule has 1 heterocycles. The van der Waals surface area contributed by atoms with Crippen LogP contribution in [-0.2, 0) is 6.54 Å². The summed E-state index contributed by atoms with van der Waals surface area (Å²) in [5.41, 5.74) is 1.19. The normalized spacial score (nSPS) is 10.6. The molecule has 0 aliphatic heterocycles. The van der Waals surface area contributed by atoms with Crippen LogP contribution in [0.4, 0.5) is 0 Å². The molecule has 2 heteroatoms. The third-order valence-corrected chi connectivity index (χ3v) is 1.58. The fraction of sp³-hybridized carbons (Fsp3) is 0.222. The van der Waals surface area contributed by atoms with Gasteiger partial charge in [0.2, 0.25) is 0 Å². The van der Waals surface area contributed by atoms with Crippen LogP contribution in [0.25, 0.3) is 0 Å². The molecule has 0 aliphatic carbocycles. The van der Waals surface area contributed by atoms with Gasteiger partial charge in [-0.3, -0.25) is 0 Å². The summed E-state index contributed by atoms with van der Waals surface area (Å²) in [4.78, 5) is 0. The third-order valence-electron chi connectivity index (χ3n) is 1.58. The van der Waals surface area contributed by atoms with Crippen molar-refractivity contribution in [3.05, 3.63) is 42.4 Å². The van der Waals surface area contributed by atoms with Crippen molar-refractivity contribution >= 4 is 0 Å². The molecule has 0 saturated carbocycles. The minimum Gasteiger partial charge on any atom is -0.516 e. The molecule has 0 bridgehead atoms. The zero-order chi connectivity index (χ0) is 8.10. The van der Waals surface area contributed by atoms with E-state index in [4.69, 9.17) is 5.11 Å². The minimum absolute atomic E-state index is 0.725. The van der Waals surface area contributed by atoms with Crippen LogP contribution in [0.1, 0.15) is 5.69 Å². The van der Waals surface area contributed by atoms with E-state index < -0.39 is 0 Å². The first kappa shape index (κ1) is 7.79. The Balaban J connectivity index is 2.77. The second-order valence-electron chi connectivity index (χ2n) is 2.38. The summed E-state index contributed by atoms with van der Waals surface area (Å²) in [7, 11) is 0. The molecule has 1 rings (SSSR count). The fourth-order valence-corrected chi connectivity index (χ4v) is 0.927. The molecule has 0 fully saturated rings. The number of pyridine rings is 1. The molecule has 11 heavy (non-hydrogen) atoms. The number of nitrogens with zero attached hydrogens (tertiary/aromatic N) is 1. The average molecular weight is 150 g/mol. The second kappa shape index (κ2) is 3.76. The van der Waals surface area contributed by atoms with Crippen LogP contribution in [0.15, 0.2) is 36.7 Å². The van der Waals surface area contributed by atoms with E-state index in [0.717, 1.165) is 12.8 Å². The van der Waals surface area contributed by atoms with Crippen molar-refractivity contribution in [2.75, 3.05) is 0 Å². The van der Waals surface area contributed by atoms with Gasteiger partial charge in [-0.05, 0) is 0 Å². The second-order valence-corrected chi connectivity index (χ2v) is 2.38. The first-order valence-corrected chi connectivity index (χ1v) is 3.59. The summed E-state index contributed by atoms with van der Waals surface area (Å²) in [6.07, 6.45) is 4.75. The maximum Gasteiger partial charge on any atom is 0.178 e. The number of aromatic nitrogens is 1. The standard InChI is InChI=1S/C9H11NO/c1-9-5-2-3-6-10(9)7-4-8-11/h2-6,8H,7H2,1H3/p+1. The molecule has 0 aromatic carbocycles. The van der Waals surface area contributed by atoms with Crippen molar-refractivity contribution in [1.82, 2.24) is 0 Å². The Kier molecular flexibility index (Phi) is 2.66. The van der Waals surface area contributed by atoms with Crippen LogP contribution >= 0.6 is 0 Å². The monoisotopic (exact) mass is 150 g/mol. The summed E-state index contributed by atoms with van der Waals surface area (Å²) in [6, 6.07) is 6.00. The van der Waals surface area contributed by atoms with Gasteiger partial charge < -0.3 is 5.11 Å². The zero-order valence-electron chi connectivity index (χ0n) is 6.57. The van der Waals surface area contributed by atoms with Gasteiger partial charge in [0.25, 0.3) is 0 Å². The Bertz CT molecular complexity index is 255. The molecule has 2 nitrogen and oxygen atoms in total. The van der Waals surface area contributed by atoms with Crippen LogP contribution in [0.5, 0.6) is 0 Å². The number of hydrogen-bond donors (Lipinski definition) is 1. The van der Waals surface area contributed by atoms with Crippen LogP contribution in [-0.4, -0.2) is 5.11 Å². The van der Waals surface area contributed by atoms with Gasteiger partial charge >= 0.3 is 0 Å². The van der Waals surface area contributed by atoms with E-state index in [1.807, 2.05) is 35.9 Å². The van der Waals surface area contributed by atoms with Gasteiger partial charge in [0.15, 0.2) is 18.4 Å². The lowest BCUT2D eigenvalue weighted by Crippen LogP contribution is -2.35. The van der Waals surface area contributed by atoms with E-state index in [-0.39, 0.29) is 0 Å². The summed E-state index contributed by atoms with van der Waals surface area (Å²) < 4.78 is 2.05. The number of aryl methyl sites for hydroxylation is 1. The fourth-order valence-electron chi connectivity index (χ4n) is 0.927. The van der Waals surface area contributed by atoms with E-state index >= 15 is 0 Å². The Morgan fingerprint density at radius 3 is 3.00 bits per heavy atom. The Labute approximate surface area is 66.4 Å². The topological polar surface area (TPSA) is 24.1 Å². The van der Waals surface area contributed by atoms with Gasteiger partial charge in [-0.2, -0.15) is 4.57 Å². The predicted octanol–water partition coefficient (Wildman–Crippen LogP) is 1.35. The molecule has 0 unspecified atom stereocenters. The summed E-state index contributed by atoms with van der Waals surface area (Å²) in [5.74, 6) is 0. The first-order valence-electron chi connectivity index (χ1n) is 3.59. The minimum atomic E-state index is 0.725. The molecular formula is C9H12NO+. The number of rotatable bonds is 2. The van der Waals surface area contributed by atoms with Gasteiger partial charge in [-0.25, -0.2) is 0 Å². The molecule has 0 spiro atoms. The van der Waals surface area contributed by atoms with Gasteiger partial charge in [-0.15, -0.1) is 0 Å². The SMILES string of the molecule is Cc1cccc[n+]1CC=CO. The first-order chi connectivity index (χ1) is 5.34. The van der Waals surface area contributed by atoms with E-state index in [9.17, 15) is 0 Å². The lowest BCUT2D eigenvalue weighted by Gasteiger charge is -1.93. The van der Waals surface area contributed by atoms with E-state index in [1.54, 1.807) is 6.08 Å². The maximum absolute atomic E-state index is 8.42. The number of aliphatic hydroxyl groups excluding tert-OH is 1. The smallest absolute Gasteiger partial charge is 0.178 e. The summed E-state index contributed by atoms with van der Waals surface area (Å²) in [5, 5.41) is 8.42. The van der Waals surface area contributed by atoms with Crippen molar-refractivity contribution in [3.8, 4) is 0 Å². The van der Waals surface area contributed by atoms with Crippen molar-refractivity contribution in [2.24, 2.45) is 0 Å². The zero-order valence-corrected chi connectivity index (χ0v) is 6.57. The van der Waals surface area contributed by atoms with Gasteiger partial charge in [0.05, 0.1) is 6.26 Å². The molecule has 0 atom stereocenters. The molecule has 0 saturated heterocycles. The van der Waals surface area contributed by atoms with Crippen molar-refractivity contribution < 1.29 is 9.67 Å². The molecular weight excluding hydrogens is 138 g/mol. The Morgan fingerprint density at radius 2 is 2.36 bits per heavy atom. The molecule has 0 aliphatic rings. The quantitative estimate of drug-likeness (QED) is 0.499. The lowest BCUT2D eigenvalue weighted by atomic mass is 10.3. The molecule has 1 aromatic rings. The molecule has 1 N–H and O–H groups in total. The largest absolute Gasteiger partial charge is 0.516 e. The van der Waals surface area contributed by atoms with Crippen LogP contribution < -0.4 is 4.57 Å². The Morgan fingerprint density at radius 1 is 1.55 bits per heavy atom. The number of aliphatic hydroxyl groups is 1. The summed E-state index contributed by atoms with van der Waals surface area (Å²) in [6.45, 7) is 2.76. The van der Waals surface area contributed by atoms with Crippen molar-refractivity contribution in [1.29, 1.82) is 0 Å². The van der Waals surface area contributed by atoms with Gasteiger partial charge in [0.1, 0.15) is 0 Å². The highest BCUT2D eigenvalue weighted by atomic mass is 16.2. The van der Waals surface area contributed by atoms with Gasteiger partial charge in [0, 0.05) is 25.1 Å². The highest BCUT2D eigenvalue weighted by molar-refractivity contribution is 4.94. The summed E-state index contributed by atoms with van der Waals surface area (Å²) >= 11 is 0. The maximum atomic E-state index is 8.42. The molecule has 0 radical (unpaired) electrons. The van der Waals surface area contributed by atoms with Crippen LogP contribution in [0.3, 0.4) is 0 Å². The van der Waals surface area contributed by atoms with Crippen LogP contribution in [0.2, 0.25) is 0 Å². The number of allylic oxidation sites excluding steroid dienone is 1.